The lowest BCUT2D eigenvalue weighted by Gasteiger charge is -1.95. The zero-order valence-corrected chi connectivity index (χ0v) is 8.93. The second-order valence-corrected chi connectivity index (χ2v) is 4.00. The third-order valence-corrected chi connectivity index (χ3v) is 2.98. The third-order valence-electron chi connectivity index (χ3n) is 1.92. The van der Waals surface area contributed by atoms with E-state index in [2.05, 4.69) is 21.4 Å². The Morgan fingerprint density at radius 1 is 1.21 bits per heavy atom. The molecule has 4 heteroatoms. The highest BCUT2D eigenvalue weighted by Gasteiger charge is 2.02. The quantitative estimate of drug-likeness (QED) is 0.818. The minimum Gasteiger partial charge on any atom is -0.365 e. The minimum absolute atomic E-state index is 0.931. The molecule has 0 saturated heterocycles. The highest BCUT2D eigenvalue weighted by atomic mass is 32.1. The lowest BCUT2D eigenvalue weighted by atomic mass is 10.2. The average molecular weight is 205 g/mol. The summed E-state index contributed by atoms with van der Waals surface area (Å²) in [5.74, 6) is 0. The molecule has 0 aliphatic heterocycles. The maximum absolute atomic E-state index is 4.25. The van der Waals surface area contributed by atoms with Gasteiger partial charge in [0.15, 0.2) is 5.13 Å². The molecule has 2 aromatic rings. The molecule has 0 bridgehead atoms. The number of pyridine rings is 1. The summed E-state index contributed by atoms with van der Waals surface area (Å²) in [5, 5.41) is 3.95. The van der Waals surface area contributed by atoms with Gasteiger partial charge in [0.1, 0.15) is 0 Å². The summed E-state index contributed by atoms with van der Waals surface area (Å²) in [6.45, 7) is 1.98. The van der Waals surface area contributed by atoms with E-state index in [1.54, 1.807) is 11.3 Å². The van der Waals surface area contributed by atoms with Gasteiger partial charge in [0.2, 0.25) is 0 Å². The lowest BCUT2D eigenvalue weighted by molar-refractivity contribution is 1.20. The highest BCUT2D eigenvalue weighted by molar-refractivity contribution is 7.18. The van der Waals surface area contributed by atoms with Gasteiger partial charge >= 0.3 is 0 Å². The van der Waals surface area contributed by atoms with Crippen molar-refractivity contribution >= 4 is 16.5 Å². The van der Waals surface area contributed by atoms with Crippen LogP contribution in [0.2, 0.25) is 0 Å². The molecule has 0 atom stereocenters. The Bertz CT molecular complexity index is 419. The Morgan fingerprint density at radius 2 is 2.07 bits per heavy atom. The molecule has 14 heavy (non-hydrogen) atoms. The van der Waals surface area contributed by atoms with Gasteiger partial charge in [-0.15, -0.1) is 0 Å². The summed E-state index contributed by atoms with van der Waals surface area (Å²) < 4.78 is 0. The summed E-state index contributed by atoms with van der Waals surface area (Å²) in [4.78, 5) is 9.60. The topological polar surface area (TPSA) is 37.8 Å². The molecule has 3 nitrogen and oxygen atoms in total. The molecule has 0 unspecified atom stereocenters. The molecule has 0 amide bonds. The predicted molar refractivity (Wildman–Crippen MR) is 59.6 cm³/mol. The molecule has 72 valence electrons. The molecule has 0 saturated carbocycles. The fourth-order valence-corrected chi connectivity index (χ4v) is 1.90. The maximum Gasteiger partial charge on any atom is 0.182 e. The van der Waals surface area contributed by atoms with E-state index >= 15 is 0 Å². The third kappa shape index (κ3) is 1.75. The van der Waals surface area contributed by atoms with Gasteiger partial charge in [-0.05, 0) is 13.0 Å². The van der Waals surface area contributed by atoms with Crippen molar-refractivity contribution in [2.75, 3.05) is 12.4 Å². The number of thiazole rings is 1. The molecule has 1 N–H and O–H groups in total. The van der Waals surface area contributed by atoms with E-state index in [4.69, 9.17) is 0 Å². The number of nitrogens with zero attached hydrogens (tertiary/aromatic N) is 2. The van der Waals surface area contributed by atoms with E-state index in [1.165, 1.54) is 0 Å². The predicted octanol–water partition coefficient (Wildman–Crippen LogP) is 2.56. The summed E-state index contributed by atoms with van der Waals surface area (Å²) in [6, 6.07) is 4.07. The van der Waals surface area contributed by atoms with Crippen molar-refractivity contribution in [1.82, 2.24) is 9.97 Å². The SMILES string of the molecule is CNc1ncc(-c2ccc(C)nc2)s1. The van der Waals surface area contributed by atoms with Crippen LogP contribution in [0.25, 0.3) is 10.4 Å². The number of aryl methyl sites for hydroxylation is 1. The second-order valence-electron chi connectivity index (χ2n) is 2.97. The Morgan fingerprint density at radius 3 is 2.64 bits per heavy atom. The molecule has 2 rings (SSSR count). The van der Waals surface area contributed by atoms with Gasteiger partial charge in [-0.25, -0.2) is 4.98 Å². The molecular formula is C10H11N3S. The zero-order chi connectivity index (χ0) is 9.97. The van der Waals surface area contributed by atoms with Crippen molar-refractivity contribution in [1.29, 1.82) is 0 Å². The summed E-state index contributed by atoms with van der Waals surface area (Å²) in [6.07, 6.45) is 3.74. The Balaban J connectivity index is 2.34. The van der Waals surface area contributed by atoms with Crippen LogP contribution < -0.4 is 5.32 Å². The first-order chi connectivity index (χ1) is 6.79. The van der Waals surface area contributed by atoms with Crippen LogP contribution in [-0.2, 0) is 0 Å². The largest absolute Gasteiger partial charge is 0.365 e. The van der Waals surface area contributed by atoms with E-state index in [1.807, 2.05) is 32.4 Å². The normalized spacial score (nSPS) is 10.1. The smallest absolute Gasteiger partial charge is 0.182 e. The molecule has 0 radical (unpaired) electrons. The monoisotopic (exact) mass is 205 g/mol. The molecule has 0 spiro atoms. The Labute approximate surface area is 86.8 Å². The van der Waals surface area contributed by atoms with E-state index in [9.17, 15) is 0 Å². The fourth-order valence-electron chi connectivity index (χ4n) is 1.14. The van der Waals surface area contributed by atoms with Crippen LogP contribution in [0.15, 0.2) is 24.5 Å². The molecule has 2 heterocycles. The van der Waals surface area contributed by atoms with Crippen LogP contribution >= 0.6 is 11.3 Å². The number of aromatic nitrogens is 2. The van der Waals surface area contributed by atoms with Crippen LogP contribution in [0.5, 0.6) is 0 Å². The van der Waals surface area contributed by atoms with Gasteiger partial charge in [-0.3, -0.25) is 4.98 Å². The number of hydrogen-bond acceptors (Lipinski definition) is 4. The summed E-state index contributed by atoms with van der Waals surface area (Å²) >= 11 is 1.63. The van der Waals surface area contributed by atoms with Crippen molar-refractivity contribution in [2.24, 2.45) is 0 Å². The molecular weight excluding hydrogens is 194 g/mol. The second kappa shape index (κ2) is 3.75. The summed E-state index contributed by atoms with van der Waals surface area (Å²) in [5.41, 5.74) is 2.15. The van der Waals surface area contributed by atoms with Crippen LogP contribution in [-0.4, -0.2) is 17.0 Å². The van der Waals surface area contributed by atoms with Crippen molar-refractivity contribution in [2.45, 2.75) is 6.92 Å². The van der Waals surface area contributed by atoms with Crippen molar-refractivity contribution in [3.63, 3.8) is 0 Å². The molecule has 0 aliphatic carbocycles. The first-order valence-corrected chi connectivity index (χ1v) is 5.18. The maximum atomic E-state index is 4.25. The molecule has 0 aromatic carbocycles. The van der Waals surface area contributed by atoms with Crippen LogP contribution in [0.1, 0.15) is 5.69 Å². The minimum atomic E-state index is 0.931. The van der Waals surface area contributed by atoms with E-state index in [-0.39, 0.29) is 0 Å². The summed E-state index contributed by atoms with van der Waals surface area (Å²) in [7, 11) is 1.87. The van der Waals surface area contributed by atoms with Gasteiger partial charge in [0.25, 0.3) is 0 Å². The zero-order valence-electron chi connectivity index (χ0n) is 8.11. The van der Waals surface area contributed by atoms with Gasteiger partial charge in [-0.2, -0.15) is 0 Å². The van der Waals surface area contributed by atoms with Gasteiger partial charge in [-0.1, -0.05) is 17.4 Å². The van der Waals surface area contributed by atoms with Gasteiger partial charge < -0.3 is 5.32 Å². The van der Waals surface area contributed by atoms with E-state index < -0.39 is 0 Å². The van der Waals surface area contributed by atoms with Crippen molar-refractivity contribution in [3.05, 3.63) is 30.2 Å². The van der Waals surface area contributed by atoms with Crippen LogP contribution in [0.3, 0.4) is 0 Å². The average Bonchev–Trinajstić information content (AvgIpc) is 2.67. The first-order valence-electron chi connectivity index (χ1n) is 4.36. The van der Waals surface area contributed by atoms with E-state index in [0.717, 1.165) is 21.3 Å². The number of nitrogens with one attached hydrogen (secondary N) is 1. The number of hydrogen-bond donors (Lipinski definition) is 1. The standard InChI is InChI=1S/C10H11N3S/c1-7-3-4-8(5-12-7)9-6-13-10(11-2)14-9/h3-6H,1-2H3,(H,11,13). The van der Waals surface area contributed by atoms with Crippen molar-refractivity contribution in [3.8, 4) is 10.4 Å². The van der Waals surface area contributed by atoms with Gasteiger partial charge in [0.05, 0.1) is 4.88 Å². The molecule has 0 fully saturated rings. The fraction of sp³-hybridized carbons (Fsp3) is 0.200. The lowest BCUT2D eigenvalue weighted by Crippen LogP contribution is -1.83. The molecule has 2 aromatic heterocycles. The Kier molecular flexibility index (Phi) is 2.45. The molecule has 0 aliphatic rings. The van der Waals surface area contributed by atoms with E-state index in [0.29, 0.717) is 0 Å². The number of anilines is 1. The first kappa shape index (κ1) is 9.15. The van der Waals surface area contributed by atoms with Crippen molar-refractivity contribution < 1.29 is 0 Å². The Hall–Kier alpha value is -1.42. The highest BCUT2D eigenvalue weighted by Crippen LogP contribution is 2.27. The van der Waals surface area contributed by atoms with Crippen LogP contribution in [0.4, 0.5) is 5.13 Å². The van der Waals surface area contributed by atoms with Crippen LogP contribution in [0, 0.1) is 6.92 Å². The number of rotatable bonds is 2. The van der Waals surface area contributed by atoms with Gasteiger partial charge in [0, 0.05) is 30.7 Å².